The van der Waals surface area contributed by atoms with Gasteiger partial charge in [-0.25, -0.2) is 4.98 Å². The van der Waals surface area contributed by atoms with Crippen molar-refractivity contribution in [3.05, 3.63) is 22.0 Å². The number of nitrogens with two attached hydrogens (primary N) is 1. The Morgan fingerprint density at radius 3 is 2.89 bits per heavy atom. The summed E-state index contributed by atoms with van der Waals surface area (Å²) in [5, 5.41) is 9.30. The number of aromatic nitrogens is 4. The van der Waals surface area contributed by atoms with E-state index in [4.69, 9.17) is 10.7 Å². The maximum Gasteiger partial charge on any atom is 0.212 e. The Hall–Kier alpha value is -1.27. The highest BCUT2D eigenvalue weighted by atomic mass is 32.1. The van der Waals surface area contributed by atoms with Crippen molar-refractivity contribution >= 4 is 11.3 Å². The molecule has 0 unspecified atom stereocenters. The monoisotopic (exact) mass is 263 g/mol. The fourth-order valence-electron chi connectivity index (χ4n) is 2.43. The molecule has 0 bridgehead atoms. The van der Waals surface area contributed by atoms with Crippen LogP contribution < -0.4 is 5.73 Å². The lowest BCUT2D eigenvalue weighted by Crippen LogP contribution is -2.05. The van der Waals surface area contributed by atoms with Crippen molar-refractivity contribution in [3.8, 4) is 5.13 Å². The molecule has 2 aromatic heterocycles. The number of rotatable bonds is 3. The molecule has 6 heteroatoms. The van der Waals surface area contributed by atoms with Gasteiger partial charge in [-0.3, -0.25) is 0 Å². The first-order valence-corrected chi connectivity index (χ1v) is 7.27. The second-order valence-corrected chi connectivity index (χ2v) is 5.59. The predicted molar refractivity (Wildman–Crippen MR) is 70.9 cm³/mol. The zero-order valence-electron chi connectivity index (χ0n) is 10.5. The van der Waals surface area contributed by atoms with Crippen molar-refractivity contribution in [2.45, 2.75) is 45.6 Å². The summed E-state index contributed by atoms with van der Waals surface area (Å²) < 4.78 is 1.87. The Balaban J connectivity index is 2.04. The number of thiazole rings is 1. The largest absolute Gasteiger partial charge is 0.325 e. The van der Waals surface area contributed by atoms with Gasteiger partial charge in [0.25, 0.3) is 0 Å². The van der Waals surface area contributed by atoms with E-state index in [0.717, 1.165) is 35.8 Å². The first kappa shape index (κ1) is 11.8. The van der Waals surface area contributed by atoms with Crippen LogP contribution in [0.5, 0.6) is 0 Å². The van der Waals surface area contributed by atoms with E-state index in [-0.39, 0.29) is 0 Å². The van der Waals surface area contributed by atoms with Crippen LogP contribution >= 0.6 is 11.3 Å². The van der Waals surface area contributed by atoms with Gasteiger partial charge in [-0.2, -0.15) is 4.68 Å². The van der Waals surface area contributed by atoms with E-state index in [0.29, 0.717) is 6.54 Å². The fraction of sp³-hybridized carbons (Fsp3) is 0.583. The van der Waals surface area contributed by atoms with Crippen LogP contribution in [-0.2, 0) is 25.8 Å². The maximum atomic E-state index is 5.68. The summed E-state index contributed by atoms with van der Waals surface area (Å²) >= 11 is 1.75. The van der Waals surface area contributed by atoms with Crippen LogP contribution in [-0.4, -0.2) is 20.0 Å². The molecule has 0 saturated heterocycles. The quantitative estimate of drug-likeness (QED) is 0.913. The van der Waals surface area contributed by atoms with Crippen LogP contribution in [0.15, 0.2) is 0 Å². The molecule has 3 rings (SSSR count). The van der Waals surface area contributed by atoms with Gasteiger partial charge >= 0.3 is 0 Å². The standard InChI is InChI=1S/C12H17N5S/c1-2-10-9(7-13)15-16-17(10)12-14-8-5-3-4-6-11(8)18-12/h2-7,13H2,1H3. The summed E-state index contributed by atoms with van der Waals surface area (Å²) in [5.41, 5.74) is 8.91. The van der Waals surface area contributed by atoms with Crippen molar-refractivity contribution in [3.63, 3.8) is 0 Å². The summed E-state index contributed by atoms with van der Waals surface area (Å²) in [6.07, 6.45) is 5.67. The van der Waals surface area contributed by atoms with Crippen molar-refractivity contribution in [1.29, 1.82) is 0 Å². The SMILES string of the molecule is CCc1c(CN)nnn1-c1nc2c(s1)CCCC2. The summed E-state index contributed by atoms with van der Waals surface area (Å²) in [5.74, 6) is 0. The molecule has 0 spiro atoms. The molecule has 0 saturated carbocycles. The normalized spacial score (nSPS) is 14.8. The zero-order chi connectivity index (χ0) is 12.5. The van der Waals surface area contributed by atoms with Gasteiger partial charge in [0.15, 0.2) is 0 Å². The Morgan fingerprint density at radius 1 is 1.33 bits per heavy atom. The first-order valence-electron chi connectivity index (χ1n) is 6.46. The molecule has 0 aliphatic heterocycles. The number of hydrogen-bond acceptors (Lipinski definition) is 5. The van der Waals surface area contributed by atoms with Gasteiger partial charge < -0.3 is 5.73 Å². The predicted octanol–water partition coefficient (Wildman–Crippen LogP) is 1.62. The third-order valence-corrected chi connectivity index (χ3v) is 4.52. The molecule has 0 atom stereocenters. The molecular formula is C12H17N5S. The van der Waals surface area contributed by atoms with Gasteiger partial charge in [-0.1, -0.05) is 23.5 Å². The minimum atomic E-state index is 0.439. The third kappa shape index (κ3) is 1.85. The van der Waals surface area contributed by atoms with E-state index in [1.165, 1.54) is 23.4 Å². The Labute approximate surface area is 110 Å². The van der Waals surface area contributed by atoms with Crippen LogP contribution in [0.4, 0.5) is 0 Å². The van der Waals surface area contributed by atoms with Crippen molar-refractivity contribution in [2.75, 3.05) is 0 Å². The van der Waals surface area contributed by atoms with E-state index in [1.54, 1.807) is 11.3 Å². The van der Waals surface area contributed by atoms with Gasteiger partial charge in [-0.05, 0) is 32.1 Å². The van der Waals surface area contributed by atoms with Crippen molar-refractivity contribution in [1.82, 2.24) is 20.0 Å². The lowest BCUT2D eigenvalue weighted by Gasteiger charge is -2.06. The summed E-state index contributed by atoms with van der Waals surface area (Å²) in [6.45, 7) is 2.54. The summed E-state index contributed by atoms with van der Waals surface area (Å²) in [7, 11) is 0. The second-order valence-electron chi connectivity index (χ2n) is 4.53. The number of nitrogens with zero attached hydrogens (tertiary/aromatic N) is 4. The molecule has 0 aromatic carbocycles. The number of fused-ring (bicyclic) bond motifs is 1. The average Bonchev–Trinajstić information content (AvgIpc) is 3.00. The molecule has 2 N–H and O–H groups in total. The minimum absolute atomic E-state index is 0.439. The third-order valence-electron chi connectivity index (χ3n) is 3.39. The number of hydrogen-bond donors (Lipinski definition) is 1. The van der Waals surface area contributed by atoms with Crippen molar-refractivity contribution < 1.29 is 0 Å². The maximum absolute atomic E-state index is 5.68. The molecule has 0 radical (unpaired) electrons. The molecule has 5 nitrogen and oxygen atoms in total. The van der Waals surface area contributed by atoms with Crippen molar-refractivity contribution in [2.24, 2.45) is 5.73 Å². The second kappa shape index (κ2) is 4.78. The lowest BCUT2D eigenvalue weighted by molar-refractivity contribution is 0.677. The molecule has 2 aromatic rings. The molecule has 1 aliphatic carbocycles. The topological polar surface area (TPSA) is 69.6 Å². The molecular weight excluding hydrogens is 246 g/mol. The molecule has 96 valence electrons. The van der Waals surface area contributed by atoms with Gasteiger partial charge in [0.1, 0.15) is 0 Å². The average molecular weight is 263 g/mol. The number of aryl methyl sites for hydroxylation is 2. The van der Waals surface area contributed by atoms with Gasteiger partial charge in [0.05, 0.1) is 17.1 Å². The smallest absolute Gasteiger partial charge is 0.212 e. The fourth-order valence-corrected chi connectivity index (χ4v) is 3.55. The zero-order valence-corrected chi connectivity index (χ0v) is 11.3. The molecule has 18 heavy (non-hydrogen) atoms. The van der Waals surface area contributed by atoms with Crippen LogP contribution in [0.2, 0.25) is 0 Å². The van der Waals surface area contributed by atoms with Gasteiger partial charge in [0.2, 0.25) is 5.13 Å². The lowest BCUT2D eigenvalue weighted by atomic mass is 10.0. The van der Waals surface area contributed by atoms with Crippen LogP contribution in [0.1, 0.15) is 41.7 Å². The van der Waals surface area contributed by atoms with Gasteiger partial charge in [0, 0.05) is 11.4 Å². The molecule has 2 heterocycles. The minimum Gasteiger partial charge on any atom is -0.325 e. The van der Waals surface area contributed by atoms with Crippen LogP contribution in [0.3, 0.4) is 0 Å². The van der Waals surface area contributed by atoms with E-state index in [1.807, 2.05) is 4.68 Å². The highest BCUT2D eigenvalue weighted by Crippen LogP contribution is 2.29. The summed E-state index contributed by atoms with van der Waals surface area (Å²) in [6, 6.07) is 0. The van der Waals surface area contributed by atoms with E-state index in [2.05, 4.69) is 17.2 Å². The highest BCUT2D eigenvalue weighted by molar-refractivity contribution is 7.14. The highest BCUT2D eigenvalue weighted by Gasteiger charge is 2.19. The molecule has 0 amide bonds. The van der Waals surface area contributed by atoms with E-state index in [9.17, 15) is 0 Å². The Morgan fingerprint density at radius 2 is 2.17 bits per heavy atom. The van der Waals surface area contributed by atoms with E-state index >= 15 is 0 Å². The summed E-state index contributed by atoms with van der Waals surface area (Å²) in [4.78, 5) is 6.13. The Bertz CT molecular complexity index is 533. The Kier molecular flexibility index (Phi) is 3.13. The van der Waals surface area contributed by atoms with Crippen LogP contribution in [0, 0.1) is 0 Å². The molecule has 0 fully saturated rings. The first-order chi connectivity index (χ1) is 8.83. The van der Waals surface area contributed by atoms with Gasteiger partial charge in [-0.15, -0.1) is 5.10 Å². The van der Waals surface area contributed by atoms with Crippen LogP contribution in [0.25, 0.3) is 5.13 Å². The molecule has 1 aliphatic rings. The van der Waals surface area contributed by atoms with E-state index < -0.39 is 0 Å².